The fraction of sp³-hybridized carbons (Fsp3) is 0.200. The van der Waals surface area contributed by atoms with Crippen LogP contribution in [0.2, 0.25) is 0 Å². The summed E-state index contributed by atoms with van der Waals surface area (Å²) in [6, 6.07) is 12.8. The first kappa shape index (κ1) is 31.8. The third-order valence-electron chi connectivity index (χ3n) is 6.78. The molecule has 0 amide bonds. The van der Waals surface area contributed by atoms with Crippen LogP contribution in [0.5, 0.6) is 5.75 Å². The van der Waals surface area contributed by atoms with Gasteiger partial charge in [0, 0.05) is 35.6 Å². The summed E-state index contributed by atoms with van der Waals surface area (Å²) in [5, 5.41) is 13.4. The Bertz CT molecular complexity index is 2000. The molecule has 5 aromatic rings. The Labute approximate surface area is 252 Å². The number of aromatic nitrogens is 3. The monoisotopic (exact) mass is 651 g/mol. The lowest BCUT2D eigenvalue weighted by Gasteiger charge is -2.15. The van der Waals surface area contributed by atoms with Crippen molar-refractivity contribution in [3.8, 4) is 45.1 Å². The van der Waals surface area contributed by atoms with Crippen LogP contribution < -0.4 is 4.74 Å². The maximum Gasteiger partial charge on any atom is 0.435 e. The summed E-state index contributed by atoms with van der Waals surface area (Å²) in [6.07, 6.45) is -3.89. The van der Waals surface area contributed by atoms with Crippen molar-refractivity contribution in [1.82, 2.24) is 14.8 Å². The quantitative estimate of drug-likeness (QED) is 0.178. The van der Waals surface area contributed by atoms with E-state index in [1.165, 1.54) is 62.4 Å². The Hall–Kier alpha value is -4.63. The Morgan fingerprint density at radius 3 is 2.22 bits per heavy atom. The third kappa shape index (κ3) is 6.44. The molecule has 8 nitrogen and oxygen atoms in total. The molecule has 0 unspecified atom stereocenters. The van der Waals surface area contributed by atoms with Crippen molar-refractivity contribution in [2.24, 2.45) is 0 Å². The van der Waals surface area contributed by atoms with Crippen LogP contribution in [0.3, 0.4) is 0 Å². The lowest BCUT2D eigenvalue weighted by molar-refractivity contribution is -0.141. The molecule has 15 heteroatoms. The Morgan fingerprint density at radius 1 is 0.978 bits per heavy atom. The molecule has 3 aromatic carbocycles. The van der Waals surface area contributed by atoms with E-state index in [2.05, 4.69) is 14.8 Å². The minimum absolute atomic E-state index is 0.0846. The highest BCUT2D eigenvalue weighted by Crippen LogP contribution is 2.40. The van der Waals surface area contributed by atoms with Gasteiger partial charge in [0.2, 0.25) is 0 Å². The summed E-state index contributed by atoms with van der Waals surface area (Å²) >= 11 is 0. The normalized spacial score (nSPS) is 12.2. The second-order valence-corrected chi connectivity index (χ2v) is 12.0. The van der Waals surface area contributed by atoms with E-state index in [-0.39, 0.29) is 51.2 Å². The molecule has 0 saturated carbocycles. The van der Waals surface area contributed by atoms with Crippen LogP contribution in [0.1, 0.15) is 22.8 Å². The van der Waals surface area contributed by atoms with E-state index in [0.29, 0.717) is 5.56 Å². The number of alkyl halides is 5. The molecule has 0 aliphatic rings. The standard InChI is InChI=1S/C30H23F6N3O5S/c1-15-10-26(30(34,35)36)38-39(15)24-9-6-18(19-12-23(31)22(14-40)25(13-19)45(3,41)42)11-21(24)27-28(43-16(2)37-27)17-4-7-20(8-5-17)44-29(32)33/h4-13,29,40H,14H2,1-3H3. The van der Waals surface area contributed by atoms with E-state index in [9.17, 15) is 35.5 Å². The number of oxazole rings is 1. The van der Waals surface area contributed by atoms with Crippen molar-refractivity contribution in [1.29, 1.82) is 0 Å². The molecule has 0 aliphatic heterocycles. The minimum Gasteiger partial charge on any atom is -0.440 e. The van der Waals surface area contributed by atoms with Crippen molar-refractivity contribution >= 4 is 9.84 Å². The van der Waals surface area contributed by atoms with Gasteiger partial charge in [-0.1, -0.05) is 6.07 Å². The van der Waals surface area contributed by atoms with Crippen molar-refractivity contribution in [2.45, 2.75) is 38.1 Å². The van der Waals surface area contributed by atoms with Crippen LogP contribution in [0, 0.1) is 19.7 Å². The molecule has 0 spiro atoms. The smallest absolute Gasteiger partial charge is 0.435 e. The van der Waals surface area contributed by atoms with Gasteiger partial charge in [0.1, 0.15) is 17.3 Å². The van der Waals surface area contributed by atoms with Gasteiger partial charge in [-0.25, -0.2) is 22.5 Å². The first-order chi connectivity index (χ1) is 21.1. The molecule has 2 aromatic heterocycles. The average Bonchev–Trinajstić information content (AvgIpc) is 3.54. The van der Waals surface area contributed by atoms with Crippen molar-refractivity contribution in [3.63, 3.8) is 0 Å². The number of hydrogen-bond donors (Lipinski definition) is 1. The number of rotatable bonds is 8. The summed E-state index contributed by atoms with van der Waals surface area (Å²) in [5.74, 6) is -0.844. The van der Waals surface area contributed by atoms with Crippen molar-refractivity contribution in [3.05, 3.63) is 89.3 Å². The topological polar surface area (TPSA) is 107 Å². The molecule has 45 heavy (non-hydrogen) atoms. The number of aliphatic hydroxyl groups is 1. The van der Waals surface area contributed by atoms with Gasteiger partial charge in [0.25, 0.3) is 0 Å². The first-order valence-electron chi connectivity index (χ1n) is 13.0. The highest BCUT2D eigenvalue weighted by Gasteiger charge is 2.35. The Morgan fingerprint density at radius 2 is 1.64 bits per heavy atom. The number of sulfone groups is 1. The molecule has 1 N–H and O–H groups in total. The van der Waals surface area contributed by atoms with E-state index >= 15 is 4.39 Å². The minimum atomic E-state index is -4.75. The second kappa shape index (κ2) is 11.7. The lowest BCUT2D eigenvalue weighted by atomic mass is 9.97. The van der Waals surface area contributed by atoms with Gasteiger partial charge >= 0.3 is 12.8 Å². The van der Waals surface area contributed by atoms with Gasteiger partial charge in [-0.3, -0.25) is 0 Å². The summed E-state index contributed by atoms with van der Waals surface area (Å²) in [5.41, 5.74) is -0.366. The zero-order chi connectivity index (χ0) is 32.8. The van der Waals surface area contributed by atoms with Crippen LogP contribution in [0.15, 0.2) is 70.0 Å². The maximum absolute atomic E-state index is 15.0. The molecule has 5 rings (SSSR count). The van der Waals surface area contributed by atoms with Gasteiger partial charge in [-0.15, -0.1) is 0 Å². The fourth-order valence-electron chi connectivity index (χ4n) is 4.80. The molecule has 0 saturated heterocycles. The number of aliphatic hydroxyl groups excluding tert-OH is 1. The molecule has 2 heterocycles. The van der Waals surface area contributed by atoms with Crippen LogP contribution in [0.4, 0.5) is 26.3 Å². The number of halogens is 6. The summed E-state index contributed by atoms with van der Waals surface area (Å²) in [6.45, 7) is -0.991. The lowest BCUT2D eigenvalue weighted by Crippen LogP contribution is -2.08. The van der Waals surface area contributed by atoms with Crippen molar-refractivity contribution in [2.75, 3.05) is 6.26 Å². The molecule has 0 fully saturated rings. The zero-order valence-electron chi connectivity index (χ0n) is 23.7. The maximum atomic E-state index is 15.0. The number of benzene rings is 3. The highest BCUT2D eigenvalue weighted by atomic mass is 32.2. The largest absolute Gasteiger partial charge is 0.440 e. The third-order valence-corrected chi connectivity index (χ3v) is 7.94. The van der Waals surface area contributed by atoms with Crippen molar-refractivity contribution < 1.29 is 49.0 Å². The molecule has 0 atom stereocenters. The van der Waals surface area contributed by atoms with Crippen LogP contribution in [0.25, 0.3) is 39.4 Å². The van der Waals surface area contributed by atoms with Gasteiger partial charge in [0.05, 0.1) is 17.2 Å². The predicted molar refractivity (Wildman–Crippen MR) is 150 cm³/mol. The van der Waals surface area contributed by atoms with E-state index in [4.69, 9.17) is 4.42 Å². The molecule has 236 valence electrons. The summed E-state index contributed by atoms with van der Waals surface area (Å²) in [7, 11) is -3.98. The number of nitrogens with zero attached hydrogens (tertiary/aromatic N) is 3. The number of ether oxygens (including phenoxy) is 1. The second-order valence-electron chi connectivity index (χ2n) is 9.99. The zero-order valence-corrected chi connectivity index (χ0v) is 24.5. The molecule has 0 aliphatic carbocycles. The van der Waals surface area contributed by atoms with E-state index < -0.39 is 51.2 Å². The van der Waals surface area contributed by atoms with Crippen LogP contribution >= 0.6 is 0 Å². The van der Waals surface area contributed by atoms with E-state index in [0.717, 1.165) is 23.1 Å². The summed E-state index contributed by atoms with van der Waals surface area (Å²) < 4.78 is 117. The SMILES string of the molecule is Cc1nc(-c2cc(-c3cc(F)c(CO)c(S(C)(=O)=O)c3)ccc2-n2nc(C(F)(F)F)cc2C)c(-c2ccc(OC(F)F)cc2)o1. The highest BCUT2D eigenvalue weighted by molar-refractivity contribution is 7.90. The molecule has 0 radical (unpaired) electrons. The van der Waals surface area contributed by atoms with Crippen LogP contribution in [-0.2, 0) is 22.6 Å². The fourth-order valence-corrected chi connectivity index (χ4v) is 5.75. The van der Waals surface area contributed by atoms with E-state index in [1.807, 2.05) is 0 Å². The first-order valence-corrected chi connectivity index (χ1v) is 14.9. The number of hydrogen-bond acceptors (Lipinski definition) is 7. The molecular formula is C30H23F6N3O5S. The van der Waals surface area contributed by atoms with Crippen LogP contribution in [-0.4, -0.2) is 41.2 Å². The van der Waals surface area contributed by atoms with Gasteiger partial charge in [0.15, 0.2) is 27.2 Å². The van der Waals surface area contributed by atoms with E-state index in [1.54, 1.807) is 0 Å². The van der Waals surface area contributed by atoms with Gasteiger partial charge in [-0.2, -0.15) is 27.1 Å². The number of aryl methyl sites for hydroxylation is 2. The predicted octanol–water partition coefficient (Wildman–Crippen LogP) is 7.13. The Kier molecular flexibility index (Phi) is 8.27. The Balaban J connectivity index is 1.76. The average molecular weight is 652 g/mol. The van der Waals surface area contributed by atoms with Gasteiger partial charge in [-0.05, 0) is 72.6 Å². The van der Waals surface area contributed by atoms with Gasteiger partial charge < -0.3 is 14.3 Å². The molecular weight excluding hydrogens is 628 g/mol. The summed E-state index contributed by atoms with van der Waals surface area (Å²) in [4.78, 5) is 4.01. The molecule has 0 bridgehead atoms.